The molecule has 4 nitrogen and oxygen atoms in total. The maximum absolute atomic E-state index is 13.0. The summed E-state index contributed by atoms with van der Waals surface area (Å²) in [6.45, 7) is 1.49. The smallest absolute Gasteiger partial charge is 0.226 e. The second-order valence-corrected chi connectivity index (χ2v) is 9.42. The lowest BCUT2D eigenvalue weighted by Crippen LogP contribution is -2.59. The first kappa shape index (κ1) is 16.8. The van der Waals surface area contributed by atoms with Gasteiger partial charge in [0.1, 0.15) is 0 Å². The van der Waals surface area contributed by atoms with E-state index in [9.17, 15) is 4.79 Å². The van der Waals surface area contributed by atoms with Crippen LogP contribution in [0.3, 0.4) is 0 Å². The molecule has 2 N–H and O–H groups in total. The SMILES string of the molecule is NC1CN(C(=O)C2CC3(CC(OCc4ccccc4)C3)C2)C2(CCC2)C1. The average Bonchev–Trinajstić information content (AvgIpc) is 2.90. The Morgan fingerprint density at radius 1 is 1.12 bits per heavy atom. The summed E-state index contributed by atoms with van der Waals surface area (Å²) in [5, 5.41) is 0. The van der Waals surface area contributed by atoms with Crippen molar-refractivity contribution in [3.8, 4) is 0 Å². The van der Waals surface area contributed by atoms with Crippen molar-refractivity contribution < 1.29 is 9.53 Å². The number of likely N-dealkylation sites (tertiary alicyclic amines) is 1. The van der Waals surface area contributed by atoms with Gasteiger partial charge in [-0.15, -0.1) is 0 Å². The van der Waals surface area contributed by atoms with Gasteiger partial charge >= 0.3 is 0 Å². The Balaban J connectivity index is 1.10. The standard InChI is InChI=1S/C22H30N2O2/c23-18-11-22(7-4-8-22)24(14-18)20(25)17-9-21(10-17)12-19(13-21)26-15-16-5-2-1-3-6-16/h1-3,5-6,17-19H,4,7-15,23H2. The monoisotopic (exact) mass is 354 g/mol. The number of ether oxygens (including phenoxy) is 1. The van der Waals surface area contributed by atoms with Gasteiger partial charge in [-0.05, 0) is 62.3 Å². The molecule has 2 spiro atoms. The van der Waals surface area contributed by atoms with Crippen molar-refractivity contribution >= 4 is 5.91 Å². The quantitative estimate of drug-likeness (QED) is 0.903. The summed E-state index contributed by atoms with van der Waals surface area (Å²) < 4.78 is 6.05. The van der Waals surface area contributed by atoms with Crippen molar-refractivity contribution in [1.29, 1.82) is 0 Å². The third kappa shape index (κ3) is 2.69. The van der Waals surface area contributed by atoms with E-state index in [1.807, 2.05) is 6.07 Å². The molecule has 0 bridgehead atoms. The van der Waals surface area contributed by atoms with E-state index in [0.717, 1.165) is 38.6 Å². The first-order chi connectivity index (χ1) is 12.6. The van der Waals surface area contributed by atoms with Gasteiger partial charge in [-0.2, -0.15) is 0 Å². The van der Waals surface area contributed by atoms with E-state index in [2.05, 4.69) is 29.2 Å². The lowest BCUT2D eigenvalue weighted by atomic mass is 9.50. The number of carbonyl (C=O) groups is 1. The fourth-order valence-corrected chi connectivity index (χ4v) is 6.00. The number of nitrogens with two attached hydrogens (primary N) is 1. The topological polar surface area (TPSA) is 55.6 Å². The zero-order valence-corrected chi connectivity index (χ0v) is 15.5. The third-order valence-corrected chi connectivity index (χ3v) is 7.54. The molecular formula is C22H30N2O2. The first-order valence-electron chi connectivity index (χ1n) is 10.3. The van der Waals surface area contributed by atoms with Gasteiger partial charge in [0, 0.05) is 24.0 Å². The normalized spacial score (nSPS) is 37.3. The summed E-state index contributed by atoms with van der Waals surface area (Å²) >= 11 is 0. The van der Waals surface area contributed by atoms with Crippen molar-refractivity contribution in [2.24, 2.45) is 17.1 Å². The van der Waals surface area contributed by atoms with Crippen molar-refractivity contribution in [3.63, 3.8) is 0 Å². The fraction of sp³-hybridized carbons (Fsp3) is 0.682. The molecule has 3 aliphatic carbocycles. The predicted octanol–water partition coefficient (Wildman–Crippen LogP) is 3.24. The molecule has 1 aromatic carbocycles. The van der Waals surface area contributed by atoms with Gasteiger partial charge in [-0.3, -0.25) is 4.79 Å². The van der Waals surface area contributed by atoms with Crippen molar-refractivity contribution in [1.82, 2.24) is 4.90 Å². The maximum Gasteiger partial charge on any atom is 0.226 e. The predicted molar refractivity (Wildman–Crippen MR) is 100 cm³/mol. The van der Waals surface area contributed by atoms with Crippen molar-refractivity contribution in [2.75, 3.05) is 6.54 Å². The van der Waals surface area contributed by atoms with Crippen LogP contribution in [-0.4, -0.2) is 35.0 Å². The molecule has 1 aliphatic heterocycles. The highest BCUT2D eigenvalue weighted by Crippen LogP contribution is 2.60. The highest BCUT2D eigenvalue weighted by molar-refractivity contribution is 5.81. The summed E-state index contributed by atoms with van der Waals surface area (Å²) in [6.07, 6.45) is 9.39. The molecule has 5 rings (SSSR count). The lowest BCUT2D eigenvalue weighted by Gasteiger charge is -2.58. The second kappa shape index (κ2) is 6.07. The molecule has 140 valence electrons. The van der Waals surface area contributed by atoms with Crippen LogP contribution in [0.1, 0.15) is 56.9 Å². The molecule has 4 aliphatic rings. The zero-order chi connectivity index (χ0) is 17.8. The molecule has 1 unspecified atom stereocenters. The van der Waals surface area contributed by atoms with Gasteiger partial charge < -0.3 is 15.4 Å². The third-order valence-electron chi connectivity index (χ3n) is 7.54. The number of rotatable bonds is 4. The summed E-state index contributed by atoms with van der Waals surface area (Å²) in [6, 6.07) is 10.6. The van der Waals surface area contributed by atoms with E-state index in [4.69, 9.17) is 10.5 Å². The molecular weight excluding hydrogens is 324 g/mol. The first-order valence-corrected chi connectivity index (χ1v) is 10.3. The number of hydrogen-bond donors (Lipinski definition) is 1. The molecule has 1 atom stereocenters. The molecule has 4 fully saturated rings. The van der Waals surface area contributed by atoms with Gasteiger partial charge in [-0.25, -0.2) is 0 Å². The number of hydrogen-bond acceptors (Lipinski definition) is 3. The average molecular weight is 354 g/mol. The van der Waals surface area contributed by atoms with E-state index in [-0.39, 0.29) is 17.5 Å². The molecule has 4 heteroatoms. The van der Waals surface area contributed by atoms with Crippen LogP contribution in [0.4, 0.5) is 0 Å². The molecule has 0 radical (unpaired) electrons. The van der Waals surface area contributed by atoms with Crippen LogP contribution in [0.5, 0.6) is 0 Å². The number of amides is 1. The Morgan fingerprint density at radius 3 is 2.50 bits per heavy atom. The van der Waals surface area contributed by atoms with E-state index < -0.39 is 0 Å². The Hall–Kier alpha value is -1.39. The number of benzene rings is 1. The highest BCUT2D eigenvalue weighted by Gasteiger charge is 2.58. The van der Waals surface area contributed by atoms with E-state index >= 15 is 0 Å². The van der Waals surface area contributed by atoms with Crippen LogP contribution >= 0.6 is 0 Å². The second-order valence-electron chi connectivity index (χ2n) is 9.42. The van der Waals surface area contributed by atoms with E-state index in [1.165, 1.54) is 24.8 Å². The summed E-state index contributed by atoms with van der Waals surface area (Å²) in [5.74, 6) is 0.643. The van der Waals surface area contributed by atoms with Crippen molar-refractivity contribution in [3.05, 3.63) is 35.9 Å². The van der Waals surface area contributed by atoms with Crippen LogP contribution in [-0.2, 0) is 16.1 Å². The molecule has 3 saturated carbocycles. The molecule has 1 saturated heterocycles. The Labute approximate surface area is 156 Å². The van der Waals surface area contributed by atoms with Crippen LogP contribution in [0.25, 0.3) is 0 Å². The summed E-state index contributed by atoms with van der Waals surface area (Å²) in [4.78, 5) is 15.2. The number of nitrogens with zero attached hydrogens (tertiary/aromatic N) is 1. The van der Waals surface area contributed by atoms with Gasteiger partial charge in [0.25, 0.3) is 0 Å². The Morgan fingerprint density at radius 2 is 1.85 bits per heavy atom. The van der Waals surface area contributed by atoms with Crippen molar-refractivity contribution in [2.45, 2.75) is 75.7 Å². The van der Waals surface area contributed by atoms with Gasteiger partial charge in [0.15, 0.2) is 0 Å². The van der Waals surface area contributed by atoms with Gasteiger partial charge in [-0.1, -0.05) is 30.3 Å². The molecule has 1 amide bonds. The highest BCUT2D eigenvalue weighted by atomic mass is 16.5. The Bertz CT molecular complexity index is 671. The molecule has 1 heterocycles. The van der Waals surface area contributed by atoms with E-state index in [1.54, 1.807) is 0 Å². The van der Waals surface area contributed by atoms with Crippen LogP contribution in [0.2, 0.25) is 0 Å². The molecule has 26 heavy (non-hydrogen) atoms. The molecule has 0 aromatic heterocycles. The van der Waals surface area contributed by atoms with Gasteiger partial charge in [0.2, 0.25) is 5.91 Å². The van der Waals surface area contributed by atoms with Gasteiger partial charge in [0.05, 0.1) is 12.7 Å². The Kier molecular flexibility index (Phi) is 3.91. The minimum absolute atomic E-state index is 0.139. The van der Waals surface area contributed by atoms with Crippen LogP contribution in [0.15, 0.2) is 30.3 Å². The van der Waals surface area contributed by atoms with Crippen LogP contribution in [0, 0.1) is 11.3 Å². The fourth-order valence-electron chi connectivity index (χ4n) is 6.00. The largest absolute Gasteiger partial charge is 0.374 e. The van der Waals surface area contributed by atoms with Crippen LogP contribution < -0.4 is 5.73 Å². The summed E-state index contributed by atoms with van der Waals surface area (Å²) in [5.41, 5.74) is 7.97. The minimum Gasteiger partial charge on any atom is -0.374 e. The minimum atomic E-state index is 0.139. The lowest BCUT2D eigenvalue weighted by molar-refractivity contribution is -0.171. The maximum atomic E-state index is 13.0. The summed E-state index contributed by atoms with van der Waals surface area (Å²) in [7, 11) is 0. The molecule has 1 aromatic rings. The zero-order valence-electron chi connectivity index (χ0n) is 15.5. The number of carbonyl (C=O) groups excluding carboxylic acids is 1. The van der Waals surface area contributed by atoms with E-state index in [0.29, 0.717) is 24.0 Å².